The number of carbonyl (C=O) groups is 3. The normalized spacial score (nSPS) is 11.9. The van der Waals surface area contributed by atoms with Gasteiger partial charge in [-0.2, -0.15) is 0 Å². The van der Waals surface area contributed by atoms with Crippen LogP contribution in [0.4, 0.5) is 21.0 Å². The summed E-state index contributed by atoms with van der Waals surface area (Å²) in [7, 11) is 0. The minimum atomic E-state index is -1.20. The lowest BCUT2D eigenvalue weighted by Crippen LogP contribution is -2.46. The van der Waals surface area contributed by atoms with Crippen LogP contribution in [0.2, 0.25) is 5.02 Å². The van der Waals surface area contributed by atoms with Gasteiger partial charge in [-0.3, -0.25) is 14.4 Å². The molecule has 0 fully saturated rings. The number of nitrogens with zero attached hydrogens (tertiary/aromatic N) is 2. The average Bonchev–Trinajstić information content (AvgIpc) is 3.34. The number of nitrogens with one attached hydrogen (secondary N) is 1. The Hall–Kier alpha value is -4.48. The topological polar surface area (TPSA) is 141 Å². The molecule has 0 radical (unpaired) electrons. The van der Waals surface area contributed by atoms with Crippen LogP contribution in [0.25, 0.3) is 0 Å². The van der Waals surface area contributed by atoms with Gasteiger partial charge in [-0.15, -0.1) is 0 Å². The summed E-state index contributed by atoms with van der Waals surface area (Å²) in [5, 5.41) is 3.71. The molecule has 0 bridgehead atoms. The number of amides is 2. The second-order valence-electron chi connectivity index (χ2n) is 9.91. The van der Waals surface area contributed by atoms with Crippen LogP contribution in [0.3, 0.4) is 0 Å². The highest BCUT2D eigenvalue weighted by molar-refractivity contribution is 7.18. The number of ketones is 1. The lowest BCUT2D eigenvalue weighted by atomic mass is 10.1. The van der Waals surface area contributed by atoms with Crippen molar-refractivity contribution in [2.24, 2.45) is 5.73 Å². The van der Waals surface area contributed by atoms with Gasteiger partial charge in [0.05, 0.1) is 0 Å². The largest absolute Gasteiger partial charge is 0.478 e. The Balaban J connectivity index is 1.48. The zero-order valence-electron chi connectivity index (χ0n) is 23.1. The van der Waals surface area contributed by atoms with Gasteiger partial charge in [-0.05, 0) is 87.0 Å². The zero-order chi connectivity index (χ0) is 30.6. The maximum atomic E-state index is 13.5. The molecular formula is C30H29ClFN5O4S. The van der Waals surface area contributed by atoms with E-state index in [2.05, 4.69) is 10.3 Å². The summed E-state index contributed by atoms with van der Waals surface area (Å²) >= 11 is 6.89. The fourth-order valence-electron chi connectivity index (χ4n) is 3.96. The number of benzene rings is 3. The number of anilines is 3. The highest BCUT2D eigenvalue weighted by atomic mass is 35.5. The van der Waals surface area contributed by atoms with Crippen LogP contribution in [0, 0.1) is 5.82 Å². The number of halogens is 2. The maximum Gasteiger partial charge on any atom is 0.263 e. The SMILES string of the molecule is CC(C(N)=O)N(c1ccc(F)cc1)c1nc(N)c(C(=O)c2ccc(OC(C)(C)C(=O)NCc3ccc(Cl)cc3)cc2)s1. The molecule has 12 heteroatoms. The Morgan fingerprint density at radius 3 is 2.26 bits per heavy atom. The van der Waals surface area contributed by atoms with Gasteiger partial charge in [0.15, 0.2) is 10.7 Å². The molecule has 0 aliphatic heterocycles. The van der Waals surface area contributed by atoms with Gasteiger partial charge in [0.25, 0.3) is 5.91 Å². The van der Waals surface area contributed by atoms with Crippen LogP contribution in [0.15, 0.2) is 72.8 Å². The van der Waals surface area contributed by atoms with E-state index in [-0.39, 0.29) is 21.7 Å². The Morgan fingerprint density at radius 1 is 1.05 bits per heavy atom. The fraction of sp³-hybridized carbons (Fsp3) is 0.200. The molecule has 218 valence electrons. The molecule has 0 aliphatic rings. The average molecular weight is 610 g/mol. The molecule has 42 heavy (non-hydrogen) atoms. The zero-order valence-corrected chi connectivity index (χ0v) is 24.6. The summed E-state index contributed by atoms with van der Waals surface area (Å²) in [5.74, 6) is -1.45. The van der Waals surface area contributed by atoms with Crippen molar-refractivity contribution >= 4 is 57.2 Å². The lowest BCUT2D eigenvalue weighted by Gasteiger charge is -2.26. The van der Waals surface area contributed by atoms with Gasteiger partial charge in [0.2, 0.25) is 11.7 Å². The Kier molecular flexibility index (Phi) is 9.13. The standard InChI is InChI=1S/C30H29ClFN5O4S/c1-17(27(34)39)37(22-12-10-21(32)11-13-22)29-36-26(33)25(42-29)24(38)19-6-14-23(15-7-19)41-30(2,3)28(40)35-16-18-4-8-20(31)9-5-18/h4-15,17H,16,33H2,1-3H3,(H2,34,39)(H,35,40). The number of carbonyl (C=O) groups excluding carboxylic acids is 3. The first-order valence-electron chi connectivity index (χ1n) is 12.8. The first-order chi connectivity index (χ1) is 19.9. The maximum absolute atomic E-state index is 13.5. The molecule has 1 unspecified atom stereocenters. The van der Waals surface area contributed by atoms with Crippen LogP contribution in [0.1, 0.15) is 41.6 Å². The monoisotopic (exact) mass is 609 g/mol. The van der Waals surface area contributed by atoms with E-state index in [9.17, 15) is 18.8 Å². The number of rotatable bonds is 11. The molecule has 1 aromatic heterocycles. The van der Waals surface area contributed by atoms with Crippen molar-refractivity contribution in [3.8, 4) is 5.75 Å². The molecular weight excluding hydrogens is 581 g/mol. The molecule has 5 N–H and O–H groups in total. The van der Waals surface area contributed by atoms with Gasteiger partial charge >= 0.3 is 0 Å². The molecule has 0 spiro atoms. The molecule has 0 aliphatic carbocycles. The number of primary amides is 1. The molecule has 2 amide bonds. The number of nitrogen functional groups attached to an aromatic ring is 1. The van der Waals surface area contributed by atoms with E-state index in [0.29, 0.717) is 28.6 Å². The van der Waals surface area contributed by atoms with E-state index in [4.69, 9.17) is 27.8 Å². The van der Waals surface area contributed by atoms with Crippen molar-refractivity contribution in [1.29, 1.82) is 0 Å². The Labute approximate surface area is 251 Å². The number of hydrogen-bond acceptors (Lipinski definition) is 8. The van der Waals surface area contributed by atoms with Crippen molar-refractivity contribution in [3.05, 3.63) is 99.6 Å². The van der Waals surface area contributed by atoms with E-state index >= 15 is 0 Å². The molecule has 4 rings (SSSR count). The van der Waals surface area contributed by atoms with E-state index in [1.807, 2.05) is 12.1 Å². The summed E-state index contributed by atoms with van der Waals surface area (Å²) < 4.78 is 19.4. The van der Waals surface area contributed by atoms with E-state index in [0.717, 1.165) is 16.9 Å². The molecule has 9 nitrogen and oxygen atoms in total. The molecule has 4 aromatic rings. The van der Waals surface area contributed by atoms with Crippen molar-refractivity contribution in [3.63, 3.8) is 0 Å². The molecule has 0 saturated heterocycles. The third kappa shape index (κ3) is 7.04. The van der Waals surface area contributed by atoms with E-state index in [1.54, 1.807) is 57.2 Å². The van der Waals surface area contributed by atoms with Crippen LogP contribution < -0.4 is 26.4 Å². The van der Waals surface area contributed by atoms with Crippen LogP contribution in [-0.2, 0) is 16.1 Å². The van der Waals surface area contributed by atoms with Crippen molar-refractivity contribution in [2.75, 3.05) is 10.6 Å². The van der Waals surface area contributed by atoms with Crippen molar-refractivity contribution in [2.45, 2.75) is 39.0 Å². The van der Waals surface area contributed by atoms with E-state index in [1.165, 1.54) is 29.2 Å². The highest BCUT2D eigenvalue weighted by Crippen LogP contribution is 2.36. The molecule has 3 aromatic carbocycles. The van der Waals surface area contributed by atoms with Gasteiger partial charge in [0.1, 0.15) is 28.3 Å². The summed E-state index contributed by atoms with van der Waals surface area (Å²) in [4.78, 5) is 44.1. The second-order valence-corrected chi connectivity index (χ2v) is 11.3. The predicted octanol–water partition coefficient (Wildman–Crippen LogP) is 5.23. The number of nitrogens with two attached hydrogens (primary N) is 2. The molecule has 0 saturated carbocycles. The van der Waals surface area contributed by atoms with Gasteiger partial charge in [-0.25, -0.2) is 9.37 Å². The van der Waals surface area contributed by atoms with Gasteiger partial charge in [-0.1, -0.05) is 35.1 Å². The fourth-order valence-corrected chi connectivity index (χ4v) is 5.13. The minimum absolute atomic E-state index is 0.0254. The minimum Gasteiger partial charge on any atom is -0.478 e. The first-order valence-corrected chi connectivity index (χ1v) is 14.0. The summed E-state index contributed by atoms with van der Waals surface area (Å²) in [6.07, 6.45) is 0. The van der Waals surface area contributed by atoms with E-state index < -0.39 is 29.2 Å². The van der Waals surface area contributed by atoms with Crippen molar-refractivity contribution < 1.29 is 23.5 Å². The summed E-state index contributed by atoms with van der Waals surface area (Å²) in [6, 6.07) is 18.0. The Bertz CT molecular complexity index is 1590. The summed E-state index contributed by atoms with van der Waals surface area (Å²) in [5.41, 5.74) is 12.1. The number of ether oxygens (including phenoxy) is 1. The van der Waals surface area contributed by atoms with Gasteiger partial charge < -0.3 is 26.4 Å². The molecule has 1 heterocycles. The third-order valence-electron chi connectivity index (χ3n) is 6.36. The number of aromatic nitrogens is 1. The highest BCUT2D eigenvalue weighted by Gasteiger charge is 2.30. The third-order valence-corrected chi connectivity index (χ3v) is 7.68. The number of hydrogen-bond donors (Lipinski definition) is 3. The Morgan fingerprint density at radius 2 is 1.67 bits per heavy atom. The van der Waals surface area contributed by atoms with Crippen LogP contribution in [0.5, 0.6) is 5.75 Å². The quantitative estimate of drug-likeness (QED) is 0.198. The smallest absolute Gasteiger partial charge is 0.263 e. The molecule has 1 atom stereocenters. The summed E-state index contributed by atoms with van der Waals surface area (Å²) in [6.45, 7) is 5.17. The van der Waals surface area contributed by atoms with Crippen LogP contribution >= 0.6 is 22.9 Å². The van der Waals surface area contributed by atoms with Crippen molar-refractivity contribution in [1.82, 2.24) is 10.3 Å². The second kappa shape index (κ2) is 12.6. The first kappa shape index (κ1) is 30.5. The van der Waals surface area contributed by atoms with Crippen LogP contribution in [-0.4, -0.2) is 34.2 Å². The number of thiazole rings is 1. The lowest BCUT2D eigenvalue weighted by molar-refractivity contribution is -0.134. The predicted molar refractivity (Wildman–Crippen MR) is 162 cm³/mol. The van der Waals surface area contributed by atoms with Gasteiger partial charge in [0, 0.05) is 22.8 Å².